The molecule has 1 aliphatic heterocycles. The van der Waals surface area contributed by atoms with Crippen LogP contribution in [0.3, 0.4) is 0 Å². The molecule has 1 heterocycles. The minimum Gasteiger partial charge on any atom is -0.396 e. The fraction of sp³-hybridized carbons (Fsp3) is 0.647. The van der Waals surface area contributed by atoms with E-state index in [1.54, 1.807) is 0 Å². The summed E-state index contributed by atoms with van der Waals surface area (Å²) in [4.78, 5) is 4.80. The first-order valence-electron chi connectivity index (χ1n) is 8.02. The summed E-state index contributed by atoms with van der Waals surface area (Å²) < 4.78 is 13.0. The van der Waals surface area contributed by atoms with Crippen molar-refractivity contribution in [2.75, 3.05) is 38.2 Å². The van der Waals surface area contributed by atoms with Crippen molar-refractivity contribution in [2.45, 2.75) is 38.1 Å². The van der Waals surface area contributed by atoms with E-state index < -0.39 is 0 Å². The van der Waals surface area contributed by atoms with Crippen LogP contribution in [0.1, 0.15) is 32.1 Å². The standard InChI is InChI=1S/C17H27FN2O/c1-19(11-3-2-4-14-21)16-9-12-20(13-10-16)17-7-5-15(18)6-8-17/h5-8,16,21H,2-4,9-14H2,1H3. The van der Waals surface area contributed by atoms with Crippen molar-refractivity contribution in [1.29, 1.82) is 0 Å². The molecule has 4 heteroatoms. The number of hydrogen-bond donors (Lipinski definition) is 1. The number of halogens is 1. The van der Waals surface area contributed by atoms with Gasteiger partial charge in [0, 0.05) is 31.4 Å². The van der Waals surface area contributed by atoms with Gasteiger partial charge in [-0.2, -0.15) is 0 Å². The third kappa shape index (κ3) is 4.97. The maximum atomic E-state index is 13.0. The number of piperidine rings is 1. The van der Waals surface area contributed by atoms with E-state index in [1.807, 2.05) is 12.1 Å². The number of unbranched alkanes of at least 4 members (excludes halogenated alkanes) is 2. The number of aliphatic hydroxyl groups is 1. The van der Waals surface area contributed by atoms with E-state index in [0.717, 1.165) is 57.4 Å². The lowest BCUT2D eigenvalue weighted by Crippen LogP contribution is -2.43. The molecule has 0 spiro atoms. The van der Waals surface area contributed by atoms with Gasteiger partial charge in [0.05, 0.1) is 0 Å². The maximum absolute atomic E-state index is 13.0. The smallest absolute Gasteiger partial charge is 0.123 e. The molecule has 0 unspecified atom stereocenters. The number of benzene rings is 1. The predicted molar refractivity (Wildman–Crippen MR) is 85.2 cm³/mol. The van der Waals surface area contributed by atoms with Crippen LogP contribution in [-0.4, -0.2) is 49.3 Å². The highest BCUT2D eigenvalue weighted by atomic mass is 19.1. The number of nitrogens with zero attached hydrogens (tertiary/aromatic N) is 2. The highest BCUT2D eigenvalue weighted by Crippen LogP contribution is 2.22. The lowest BCUT2D eigenvalue weighted by atomic mass is 10.0. The van der Waals surface area contributed by atoms with Gasteiger partial charge >= 0.3 is 0 Å². The molecular formula is C17H27FN2O. The number of hydrogen-bond acceptors (Lipinski definition) is 3. The van der Waals surface area contributed by atoms with E-state index in [0.29, 0.717) is 12.6 Å². The van der Waals surface area contributed by atoms with Crippen molar-refractivity contribution in [2.24, 2.45) is 0 Å². The molecule has 1 aliphatic rings. The first-order valence-corrected chi connectivity index (χ1v) is 8.02. The number of aliphatic hydroxyl groups excluding tert-OH is 1. The van der Waals surface area contributed by atoms with E-state index in [-0.39, 0.29) is 5.82 Å². The van der Waals surface area contributed by atoms with Crippen LogP contribution < -0.4 is 4.90 Å². The van der Waals surface area contributed by atoms with Gasteiger partial charge in [0.15, 0.2) is 0 Å². The van der Waals surface area contributed by atoms with Crippen LogP contribution in [0.4, 0.5) is 10.1 Å². The fourth-order valence-electron chi connectivity index (χ4n) is 3.05. The molecule has 0 bridgehead atoms. The monoisotopic (exact) mass is 294 g/mol. The molecule has 118 valence electrons. The molecular weight excluding hydrogens is 267 g/mol. The molecule has 3 nitrogen and oxygen atoms in total. The molecule has 0 amide bonds. The Kier molecular flexibility index (Phi) is 6.46. The fourth-order valence-corrected chi connectivity index (χ4v) is 3.05. The minimum atomic E-state index is -0.170. The van der Waals surface area contributed by atoms with Crippen LogP contribution in [0, 0.1) is 5.82 Å². The van der Waals surface area contributed by atoms with E-state index in [1.165, 1.54) is 12.1 Å². The van der Waals surface area contributed by atoms with E-state index in [9.17, 15) is 4.39 Å². The average Bonchev–Trinajstić information content (AvgIpc) is 2.52. The maximum Gasteiger partial charge on any atom is 0.123 e. The van der Waals surface area contributed by atoms with Gasteiger partial charge in [-0.15, -0.1) is 0 Å². The Balaban J connectivity index is 1.73. The molecule has 1 aromatic carbocycles. The molecule has 1 saturated heterocycles. The molecule has 21 heavy (non-hydrogen) atoms. The topological polar surface area (TPSA) is 26.7 Å². The predicted octanol–water partition coefficient (Wildman–Crippen LogP) is 2.89. The van der Waals surface area contributed by atoms with Gasteiger partial charge in [-0.05, 0) is 70.0 Å². The summed E-state index contributed by atoms with van der Waals surface area (Å²) in [6.45, 7) is 3.50. The lowest BCUT2D eigenvalue weighted by molar-refractivity contribution is 0.201. The Morgan fingerprint density at radius 2 is 1.81 bits per heavy atom. The molecule has 0 aliphatic carbocycles. The molecule has 0 radical (unpaired) electrons. The highest BCUT2D eigenvalue weighted by molar-refractivity contribution is 5.46. The third-order valence-electron chi connectivity index (χ3n) is 4.45. The Labute approximate surface area is 127 Å². The molecule has 0 saturated carbocycles. The molecule has 1 aromatic rings. The van der Waals surface area contributed by atoms with Crippen molar-refractivity contribution in [3.8, 4) is 0 Å². The third-order valence-corrected chi connectivity index (χ3v) is 4.45. The van der Waals surface area contributed by atoms with Crippen molar-refractivity contribution in [3.05, 3.63) is 30.1 Å². The van der Waals surface area contributed by atoms with Gasteiger partial charge < -0.3 is 14.9 Å². The quantitative estimate of drug-likeness (QED) is 0.783. The normalized spacial score (nSPS) is 16.7. The first-order chi connectivity index (χ1) is 10.2. The molecule has 1 N–H and O–H groups in total. The van der Waals surface area contributed by atoms with Gasteiger partial charge in [-0.3, -0.25) is 0 Å². The zero-order valence-corrected chi connectivity index (χ0v) is 13.0. The Morgan fingerprint density at radius 3 is 2.43 bits per heavy atom. The summed E-state index contributed by atoms with van der Waals surface area (Å²) in [5, 5.41) is 8.79. The van der Waals surface area contributed by atoms with E-state index in [2.05, 4.69) is 16.8 Å². The van der Waals surface area contributed by atoms with Crippen molar-refractivity contribution >= 4 is 5.69 Å². The minimum absolute atomic E-state index is 0.170. The second-order valence-corrected chi connectivity index (χ2v) is 5.96. The summed E-state index contributed by atoms with van der Waals surface area (Å²) in [6, 6.07) is 7.46. The van der Waals surface area contributed by atoms with Crippen LogP contribution in [-0.2, 0) is 0 Å². The van der Waals surface area contributed by atoms with Gasteiger partial charge in [-0.25, -0.2) is 4.39 Å². The second kappa shape index (κ2) is 8.35. The van der Waals surface area contributed by atoms with Gasteiger partial charge in [0.1, 0.15) is 5.82 Å². The first kappa shape index (κ1) is 16.2. The molecule has 0 aromatic heterocycles. The molecule has 0 atom stereocenters. The van der Waals surface area contributed by atoms with Gasteiger partial charge in [0.2, 0.25) is 0 Å². The number of anilines is 1. The summed E-state index contributed by atoms with van der Waals surface area (Å²) >= 11 is 0. The Morgan fingerprint density at radius 1 is 1.14 bits per heavy atom. The Bertz CT molecular complexity index is 402. The van der Waals surface area contributed by atoms with Gasteiger partial charge in [0.25, 0.3) is 0 Å². The largest absolute Gasteiger partial charge is 0.396 e. The van der Waals surface area contributed by atoms with E-state index >= 15 is 0 Å². The van der Waals surface area contributed by atoms with Crippen molar-refractivity contribution < 1.29 is 9.50 Å². The highest BCUT2D eigenvalue weighted by Gasteiger charge is 2.22. The number of rotatable bonds is 7. The van der Waals surface area contributed by atoms with Crippen molar-refractivity contribution in [3.63, 3.8) is 0 Å². The molecule has 1 fully saturated rings. The Hall–Kier alpha value is -1.13. The van der Waals surface area contributed by atoms with Crippen LogP contribution in [0.5, 0.6) is 0 Å². The lowest BCUT2D eigenvalue weighted by Gasteiger charge is -2.38. The van der Waals surface area contributed by atoms with Crippen LogP contribution in [0.25, 0.3) is 0 Å². The summed E-state index contributed by atoms with van der Waals surface area (Å²) in [7, 11) is 2.21. The average molecular weight is 294 g/mol. The van der Waals surface area contributed by atoms with Gasteiger partial charge in [-0.1, -0.05) is 0 Å². The molecule has 2 rings (SSSR count). The van der Waals surface area contributed by atoms with Crippen molar-refractivity contribution in [1.82, 2.24) is 4.90 Å². The SMILES string of the molecule is CN(CCCCCO)C1CCN(c2ccc(F)cc2)CC1. The summed E-state index contributed by atoms with van der Waals surface area (Å²) in [5.74, 6) is -0.170. The zero-order valence-electron chi connectivity index (χ0n) is 13.0. The second-order valence-electron chi connectivity index (χ2n) is 5.96. The van der Waals surface area contributed by atoms with Crippen LogP contribution >= 0.6 is 0 Å². The van der Waals surface area contributed by atoms with E-state index in [4.69, 9.17) is 5.11 Å². The zero-order chi connectivity index (χ0) is 15.1. The summed E-state index contributed by atoms with van der Waals surface area (Å²) in [5.41, 5.74) is 1.13. The van der Waals surface area contributed by atoms with Crippen LogP contribution in [0.2, 0.25) is 0 Å². The summed E-state index contributed by atoms with van der Waals surface area (Å²) in [6.07, 6.45) is 5.50. The van der Waals surface area contributed by atoms with Crippen LogP contribution in [0.15, 0.2) is 24.3 Å².